The highest BCUT2D eigenvalue weighted by molar-refractivity contribution is 6.76. The topological polar surface area (TPSA) is 343 Å². The van der Waals surface area contributed by atoms with Crippen molar-refractivity contribution in [2.24, 2.45) is 0 Å². The van der Waals surface area contributed by atoms with E-state index in [0.29, 0.717) is 0 Å². The number of aliphatic hydroxyl groups excluding tert-OH is 1. The molecule has 36 nitrogen and oxygen atoms in total. The minimum atomic E-state index is -2.72. The van der Waals surface area contributed by atoms with Gasteiger partial charge in [0.05, 0.1) is 59.5 Å². The molecule has 14 bridgehead atoms. The maximum atomic E-state index is 11.1. The van der Waals surface area contributed by atoms with Crippen LogP contribution in [0.15, 0.2) is 0 Å². The molecule has 21 heterocycles. The predicted molar refractivity (Wildman–Crippen MR) is 554 cm³/mol. The fourth-order valence-corrected chi connectivity index (χ4v) is 24.5. The Labute approximate surface area is 861 Å². The first-order valence-corrected chi connectivity index (χ1v) is 71.6. The lowest BCUT2D eigenvalue weighted by Gasteiger charge is -2.53. The van der Waals surface area contributed by atoms with Gasteiger partial charge in [-0.3, -0.25) is 0 Å². The summed E-state index contributed by atoms with van der Waals surface area (Å²) in [7, 11) is 1.62. The highest BCUT2D eigenvalue weighted by Gasteiger charge is 2.65. The second-order valence-corrected chi connectivity index (χ2v) is 83.8. The molecule has 21 rings (SSSR count). The van der Waals surface area contributed by atoms with Crippen LogP contribution in [0.2, 0.25) is 127 Å². The number of aliphatic hydroxyl groups is 1. The van der Waals surface area contributed by atoms with Crippen LogP contribution < -0.4 is 0 Å². The van der Waals surface area contributed by atoms with Crippen molar-refractivity contribution in [1.82, 2.24) is 0 Å². The number of ether oxygens (including phenoxy) is 28. The Morgan fingerprint density at radius 1 is 0.176 bits per heavy atom. The molecule has 21 aliphatic rings. The van der Waals surface area contributed by atoms with Gasteiger partial charge in [0.2, 0.25) is 0 Å². The minimum absolute atomic E-state index is 0.0236. The summed E-state index contributed by atoms with van der Waals surface area (Å²) < 4.78 is 252. The van der Waals surface area contributed by atoms with Gasteiger partial charge in [-0.15, -0.1) is 0 Å². The van der Waals surface area contributed by atoms with E-state index in [0.717, 1.165) is 0 Å². The van der Waals surface area contributed by atoms with E-state index in [2.05, 4.69) is 237 Å². The maximum Gasteiger partial charge on any atom is 0.192 e. The van der Waals surface area contributed by atoms with Gasteiger partial charge in [0.25, 0.3) is 0 Å². The van der Waals surface area contributed by atoms with Crippen LogP contribution in [0.1, 0.15) is 145 Å². The van der Waals surface area contributed by atoms with Crippen molar-refractivity contribution >= 4 is 58.2 Å². The fourth-order valence-electron chi connectivity index (χ4n) is 17.4. The summed E-state index contributed by atoms with van der Waals surface area (Å²) in [5, 5.41) is 9.07. The average molecular weight is 2160 g/mol. The summed E-state index contributed by atoms with van der Waals surface area (Å²) in [5.41, 5.74) is 0. The van der Waals surface area contributed by atoms with E-state index in [1.807, 2.05) is 0 Å². The standard InChI is InChI=1S/C99H198O36Si7/c1-93(2,3)136(35,36)115-51-58-65-72(101-22)80(108-29)87(123-58)131-67-60(53-117-138(39,40)95(7,8)9)125-89(82(110-31)74(67)103-24)133-69-62(55-119-140(43,44)97(13,14)15)127-91(84(112-33)76(69)105-26)135-71-64(57-121-142(47,48)99(19,20)21)128-92(85(113-34)78(71)114-50-49-100)134-70-63(56-120-141(45,46)98(16,17)18)126-90(83(111-32)77(70)106-27)132-68-61(54-118-139(41,42)96(10,11)12)124-88(81(109-30)75(68)104-25)130-66-59(52-116-137(37,38)94(4,5)6)122-86(129-65)79(107-28)73(66)102-23/h58-92,100H,49-57H2,1-48H3/t58-,59+,60-,61+,62-,63+,64-,65+,66+,67+,68+,69+,70+,71+,72-,73-,74-,75+,76-,77+,78-,79+,80+,81-,82+,83-,84+,85+,86+,87+,88+,89+,90+,91+,92+/m0/s1. The van der Waals surface area contributed by atoms with E-state index in [1.54, 1.807) is 85.3 Å². The smallest absolute Gasteiger partial charge is 0.192 e. The Morgan fingerprint density at radius 2 is 0.289 bits per heavy atom. The van der Waals surface area contributed by atoms with Gasteiger partial charge in [-0.1, -0.05) is 145 Å². The van der Waals surface area contributed by atoms with Crippen molar-refractivity contribution in [3.05, 3.63) is 0 Å². The summed E-state index contributed by atoms with van der Waals surface area (Å²) in [6.07, 6.45) is -39.6. The third-order valence-electron chi connectivity index (χ3n) is 34.0. The van der Waals surface area contributed by atoms with E-state index in [1.165, 1.54) is 7.11 Å². The highest BCUT2D eigenvalue weighted by Crippen LogP contribution is 2.50. The van der Waals surface area contributed by atoms with Gasteiger partial charge >= 0.3 is 0 Å². The summed E-state index contributed by atoms with van der Waals surface area (Å²) in [6.45, 7) is 75.2. The summed E-state index contributed by atoms with van der Waals surface area (Å²) in [6, 6.07) is 0. The third kappa shape index (κ3) is 29.5. The molecular weight excluding hydrogens is 1960 g/mol. The molecule has 0 unspecified atom stereocenters. The molecule has 142 heavy (non-hydrogen) atoms. The number of rotatable bonds is 37. The second-order valence-electron chi connectivity index (χ2n) is 50.2. The van der Waals surface area contributed by atoms with Crippen LogP contribution in [0.3, 0.4) is 0 Å². The first-order valence-electron chi connectivity index (χ1n) is 51.2. The van der Waals surface area contributed by atoms with Crippen molar-refractivity contribution in [1.29, 1.82) is 0 Å². The highest BCUT2D eigenvalue weighted by atomic mass is 28.4. The summed E-state index contributed by atoms with van der Waals surface area (Å²) in [5.74, 6) is 0. The fraction of sp³-hybridized carbons (Fsp3) is 1.00. The lowest BCUT2D eigenvalue weighted by atomic mass is 9.94. The van der Waals surface area contributed by atoms with Gasteiger partial charge in [-0.2, -0.15) is 0 Å². The zero-order valence-corrected chi connectivity index (χ0v) is 103. The first-order chi connectivity index (χ1) is 65.5. The Morgan fingerprint density at radius 3 is 0.394 bits per heavy atom. The van der Waals surface area contributed by atoms with Crippen LogP contribution in [0.5, 0.6) is 0 Å². The second kappa shape index (κ2) is 51.0. The molecule has 0 aromatic rings. The van der Waals surface area contributed by atoms with E-state index in [4.69, 9.17) is 164 Å². The molecule has 0 saturated carbocycles. The van der Waals surface area contributed by atoms with Gasteiger partial charge in [-0.25, -0.2) is 0 Å². The van der Waals surface area contributed by atoms with Gasteiger partial charge in [0.1, 0.15) is 171 Å². The monoisotopic (exact) mass is 2160 g/mol. The molecule has 21 saturated heterocycles. The Hall–Kier alpha value is 0.0782. The third-order valence-corrected chi connectivity index (χ3v) is 65.5. The molecule has 0 radical (unpaired) electrons. The van der Waals surface area contributed by atoms with Crippen LogP contribution in [0.25, 0.3) is 0 Å². The lowest BCUT2D eigenvalue weighted by Crippen LogP contribution is -2.70. The van der Waals surface area contributed by atoms with E-state index >= 15 is 0 Å². The largest absolute Gasteiger partial charge is 0.414 e. The SMILES string of the molecule is CO[C@@H]1[C@@H](OC)[C@H]2O[C@H]3[C@H](OC)[C@@H](OC)[C@@H](O[C@H]4[C@H](OCCO)[C@@H](OC)[C@@H](O[C@H]5[C@@H](OC)[C@H](OC)[C@@H](O[C@H]6[C@@H](OC)[C@H](OC)[C@@H](O[C@H]7[C@H](OC)[C@@H](OC)[C@@H](O[C@H]8[C@H](OC)[C@@H](OC)[C@@H](O[C@@H]1[C@H](CO[Si](C)(C)C(C)(C)C)O2)O[C@H]8CO[Si](C)(C)C(C)(C)C)O[C@@H]7CO[Si](C)(C)C(C)(C)C)O[C@@H]6CO[Si](C)(C)C(C)(C)C)O[C@@H]5CO[Si](C)(C)C(C)(C)C)O[C@H]4CO[Si](C)(C)C(C)(C)C)O[C@H]3CO[Si](C)(C)C(C)(C)C. The molecular formula is C99H198O36Si7. The first kappa shape index (κ1) is 127. The molecule has 21 aliphatic heterocycles. The molecule has 0 aromatic heterocycles. The predicted octanol–water partition coefficient (Wildman–Crippen LogP) is 14.5. The van der Waals surface area contributed by atoms with E-state index in [-0.39, 0.29) is 88.1 Å². The van der Waals surface area contributed by atoms with Gasteiger partial charge in [-0.05, 0) is 127 Å². The van der Waals surface area contributed by atoms with E-state index < -0.39 is 280 Å². The number of hydrogen-bond acceptors (Lipinski definition) is 36. The molecule has 0 aromatic carbocycles. The van der Waals surface area contributed by atoms with Crippen LogP contribution in [0.4, 0.5) is 0 Å². The molecule has 838 valence electrons. The van der Waals surface area contributed by atoms with Gasteiger partial charge in [0.15, 0.2) is 102 Å². The van der Waals surface area contributed by atoms with Crippen LogP contribution >= 0.6 is 0 Å². The van der Waals surface area contributed by atoms with Crippen molar-refractivity contribution < 1.29 is 169 Å². The molecule has 21 fully saturated rings. The van der Waals surface area contributed by atoms with Gasteiger partial charge in [0, 0.05) is 92.4 Å². The minimum Gasteiger partial charge on any atom is -0.414 e. The Kier molecular flexibility index (Phi) is 45.7. The number of methoxy groups -OCH3 is 13. The van der Waals surface area contributed by atoms with Crippen molar-refractivity contribution in [3.8, 4) is 0 Å². The maximum absolute atomic E-state index is 11.1. The Bertz CT molecular complexity index is 3590. The normalized spacial score (nSPS) is 37.3. The lowest BCUT2D eigenvalue weighted by molar-refractivity contribution is -0.402. The molecule has 43 heteroatoms. The van der Waals surface area contributed by atoms with Crippen LogP contribution in [0, 0.1) is 0 Å². The van der Waals surface area contributed by atoms with Crippen LogP contribution in [-0.4, -0.2) is 430 Å². The average Bonchev–Trinajstić information content (AvgIpc) is 0.771. The molecule has 1 N–H and O–H groups in total. The van der Waals surface area contributed by atoms with Crippen molar-refractivity contribution in [2.45, 2.75) is 487 Å². The zero-order chi connectivity index (χ0) is 107. The molecule has 35 atom stereocenters. The van der Waals surface area contributed by atoms with Crippen molar-refractivity contribution in [3.63, 3.8) is 0 Å². The van der Waals surface area contributed by atoms with E-state index in [9.17, 15) is 5.11 Å². The molecule has 0 amide bonds. The summed E-state index contributed by atoms with van der Waals surface area (Å²) >= 11 is 0. The quantitative estimate of drug-likeness (QED) is 0.0565. The molecule has 0 spiro atoms. The zero-order valence-electron chi connectivity index (χ0n) is 96.3. The van der Waals surface area contributed by atoms with Crippen LogP contribution in [-0.2, 0) is 164 Å². The van der Waals surface area contributed by atoms with Gasteiger partial charge < -0.3 is 169 Å². The number of hydrogen-bond donors (Lipinski definition) is 1. The Balaban J connectivity index is 1.45. The molecule has 0 aliphatic carbocycles. The van der Waals surface area contributed by atoms with Crippen molar-refractivity contribution in [2.75, 3.05) is 152 Å². The summed E-state index contributed by atoms with van der Waals surface area (Å²) in [4.78, 5) is 0.